The van der Waals surface area contributed by atoms with Gasteiger partial charge in [-0.2, -0.15) is 0 Å². The summed E-state index contributed by atoms with van der Waals surface area (Å²) in [6.45, 7) is 4.18. The van der Waals surface area contributed by atoms with Gasteiger partial charge in [-0.25, -0.2) is 4.79 Å². The summed E-state index contributed by atoms with van der Waals surface area (Å²) in [7, 11) is 1.53. The Morgan fingerprint density at radius 1 is 1.10 bits per heavy atom. The molecule has 21 heavy (non-hydrogen) atoms. The molecule has 110 valence electrons. The van der Waals surface area contributed by atoms with Gasteiger partial charge < -0.3 is 14.6 Å². The molecule has 0 aliphatic heterocycles. The second kappa shape index (κ2) is 6.31. The lowest BCUT2D eigenvalue weighted by molar-refractivity contribution is 0.0694. The van der Waals surface area contributed by atoms with Crippen molar-refractivity contribution in [1.82, 2.24) is 0 Å². The maximum atomic E-state index is 11.3. The molecule has 0 saturated carbocycles. The molecule has 0 heterocycles. The zero-order chi connectivity index (χ0) is 15.4. The van der Waals surface area contributed by atoms with Crippen LogP contribution >= 0.6 is 0 Å². The molecule has 0 aliphatic carbocycles. The molecule has 0 amide bonds. The first-order valence-electron chi connectivity index (χ1n) is 6.70. The minimum atomic E-state index is -1.03. The molecule has 4 nitrogen and oxygen atoms in total. The summed E-state index contributed by atoms with van der Waals surface area (Å²) in [5, 5.41) is 9.23. The minimum absolute atomic E-state index is 0.103. The molecule has 1 N–H and O–H groups in total. The van der Waals surface area contributed by atoms with Crippen LogP contribution in [0.5, 0.6) is 17.2 Å². The summed E-state index contributed by atoms with van der Waals surface area (Å²) in [6, 6.07) is 12.3. The average molecular weight is 286 g/mol. The lowest BCUT2D eigenvalue weighted by Crippen LogP contribution is -2.00. The van der Waals surface area contributed by atoms with Gasteiger partial charge in [0.1, 0.15) is 22.8 Å². The van der Waals surface area contributed by atoms with Gasteiger partial charge in [0, 0.05) is 6.07 Å². The second-order valence-electron chi connectivity index (χ2n) is 5.00. The molecule has 0 saturated heterocycles. The molecular formula is C17H18O4. The number of carbonyl (C=O) groups is 1. The topological polar surface area (TPSA) is 55.8 Å². The van der Waals surface area contributed by atoms with E-state index in [-0.39, 0.29) is 11.3 Å². The van der Waals surface area contributed by atoms with Crippen molar-refractivity contribution >= 4 is 5.97 Å². The standard InChI is InChI=1S/C17H18O4/c1-11(2)12-5-4-6-14(9-12)21-16-10-13(20-3)7-8-15(16)17(18)19/h4-11H,1-3H3,(H,18,19). The summed E-state index contributed by atoms with van der Waals surface area (Å²) in [6.07, 6.45) is 0. The summed E-state index contributed by atoms with van der Waals surface area (Å²) in [5.41, 5.74) is 1.23. The monoisotopic (exact) mass is 286 g/mol. The van der Waals surface area contributed by atoms with Crippen LogP contribution in [0, 0.1) is 0 Å². The third-order valence-corrected chi connectivity index (χ3v) is 3.17. The Labute approximate surface area is 123 Å². The number of hydrogen-bond acceptors (Lipinski definition) is 3. The van der Waals surface area contributed by atoms with Crippen molar-refractivity contribution in [3.63, 3.8) is 0 Å². The van der Waals surface area contributed by atoms with E-state index in [1.807, 2.05) is 18.2 Å². The quantitative estimate of drug-likeness (QED) is 0.889. The van der Waals surface area contributed by atoms with E-state index in [1.165, 1.54) is 13.2 Å². The number of carboxylic acid groups (broad SMARTS) is 1. The highest BCUT2D eigenvalue weighted by Crippen LogP contribution is 2.30. The molecule has 0 atom stereocenters. The van der Waals surface area contributed by atoms with Crippen molar-refractivity contribution in [2.45, 2.75) is 19.8 Å². The van der Waals surface area contributed by atoms with E-state index in [0.717, 1.165) is 5.56 Å². The van der Waals surface area contributed by atoms with Crippen LogP contribution in [0.1, 0.15) is 35.7 Å². The number of aromatic carboxylic acids is 1. The first-order valence-corrected chi connectivity index (χ1v) is 6.70. The Balaban J connectivity index is 2.38. The molecule has 0 fully saturated rings. The maximum Gasteiger partial charge on any atom is 0.339 e. The van der Waals surface area contributed by atoms with E-state index < -0.39 is 5.97 Å². The fourth-order valence-electron chi connectivity index (χ4n) is 1.95. The predicted molar refractivity (Wildman–Crippen MR) is 80.6 cm³/mol. The van der Waals surface area contributed by atoms with Crippen LogP contribution < -0.4 is 9.47 Å². The molecule has 0 bridgehead atoms. The highest BCUT2D eigenvalue weighted by Gasteiger charge is 2.13. The predicted octanol–water partition coefficient (Wildman–Crippen LogP) is 4.31. The van der Waals surface area contributed by atoms with E-state index in [0.29, 0.717) is 17.4 Å². The van der Waals surface area contributed by atoms with Gasteiger partial charge in [-0.15, -0.1) is 0 Å². The molecular weight excluding hydrogens is 268 g/mol. The molecule has 2 aromatic rings. The van der Waals surface area contributed by atoms with Crippen LogP contribution in [0.3, 0.4) is 0 Å². The van der Waals surface area contributed by atoms with Crippen molar-refractivity contribution < 1.29 is 19.4 Å². The Bertz CT molecular complexity index is 647. The summed E-state index contributed by atoms with van der Waals surface area (Å²) in [5.74, 6) is 0.764. The van der Waals surface area contributed by atoms with Gasteiger partial charge in [0.15, 0.2) is 0 Å². The van der Waals surface area contributed by atoms with Crippen molar-refractivity contribution in [1.29, 1.82) is 0 Å². The van der Waals surface area contributed by atoms with Crippen LogP contribution in [0.2, 0.25) is 0 Å². The number of ether oxygens (including phenoxy) is 2. The first kappa shape index (κ1) is 14.9. The Morgan fingerprint density at radius 2 is 1.86 bits per heavy atom. The van der Waals surface area contributed by atoms with Gasteiger partial charge in [0.25, 0.3) is 0 Å². The van der Waals surface area contributed by atoms with E-state index in [4.69, 9.17) is 9.47 Å². The molecule has 2 rings (SSSR count). The van der Waals surface area contributed by atoms with Crippen molar-refractivity contribution in [3.05, 3.63) is 53.6 Å². The number of benzene rings is 2. The normalized spacial score (nSPS) is 10.5. The Morgan fingerprint density at radius 3 is 2.48 bits per heavy atom. The van der Waals surface area contributed by atoms with Gasteiger partial charge in [-0.3, -0.25) is 0 Å². The number of methoxy groups -OCH3 is 1. The zero-order valence-corrected chi connectivity index (χ0v) is 12.3. The van der Waals surface area contributed by atoms with Gasteiger partial charge >= 0.3 is 5.97 Å². The molecule has 0 radical (unpaired) electrons. The average Bonchev–Trinajstić information content (AvgIpc) is 2.47. The summed E-state index contributed by atoms with van der Waals surface area (Å²) < 4.78 is 10.9. The van der Waals surface area contributed by atoms with Crippen LogP contribution in [0.4, 0.5) is 0 Å². The van der Waals surface area contributed by atoms with E-state index in [1.54, 1.807) is 18.2 Å². The largest absolute Gasteiger partial charge is 0.497 e. The maximum absolute atomic E-state index is 11.3. The number of carboxylic acids is 1. The van der Waals surface area contributed by atoms with Crippen LogP contribution in [-0.4, -0.2) is 18.2 Å². The molecule has 4 heteroatoms. The van der Waals surface area contributed by atoms with E-state index >= 15 is 0 Å². The summed E-state index contributed by atoms with van der Waals surface area (Å²) in [4.78, 5) is 11.3. The minimum Gasteiger partial charge on any atom is -0.497 e. The van der Waals surface area contributed by atoms with Crippen molar-refractivity contribution in [2.75, 3.05) is 7.11 Å². The fourth-order valence-corrected chi connectivity index (χ4v) is 1.95. The molecule has 0 unspecified atom stereocenters. The van der Waals surface area contributed by atoms with Crippen molar-refractivity contribution in [3.8, 4) is 17.2 Å². The molecule has 2 aromatic carbocycles. The van der Waals surface area contributed by atoms with Crippen LogP contribution in [0.25, 0.3) is 0 Å². The third kappa shape index (κ3) is 3.54. The van der Waals surface area contributed by atoms with Gasteiger partial charge in [0.05, 0.1) is 7.11 Å². The second-order valence-corrected chi connectivity index (χ2v) is 5.00. The van der Waals surface area contributed by atoms with Crippen LogP contribution in [-0.2, 0) is 0 Å². The highest BCUT2D eigenvalue weighted by atomic mass is 16.5. The summed E-state index contributed by atoms with van der Waals surface area (Å²) >= 11 is 0. The Kier molecular flexibility index (Phi) is 4.48. The van der Waals surface area contributed by atoms with Gasteiger partial charge in [-0.1, -0.05) is 26.0 Å². The SMILES string of the molecule is COc1ccc(C(=O)O)c(Oc2cccc(C(C)C)c2)c1. The lowest BCUT2D eigenvalue weighted by Gasteiger charge is -2.12. The number of rotatable bonds is 5. The first-order chi connectivity index (χ1) is 10.0. The van der Waals surface area contributed by atoms with Crippen LogP contribution in [0.15, 0.2) is 42.5 Å². The zero-order valence-electron chi connectivity index (χ0n) is 12.3. The van der Waals surface area contributed by atoms with Crippen molar-refractivity contribution in [2.24, 2.45) is 0 Å². The smallest absolute Gasteiger partial charge is 0.339 e. The van der Waals surface area contributed by atoms with Gasteiger partial charge in [0.2, 0.25) is 0 Å². The molecule has 0 spiro atoms. The lowest BCUT2D eigenvalue weighted by atomic mass is 10.0. The molecule has 0 aliphatic rings. The van der Waals surface area contributed by atoms with Gasteiger partial charge in [-0.05, 0) is 35.7 Å². The number of hydrogen-bond donors (Lipinski definition) is 1. The Hall–Kier alpha value is -2.49. The molecule has 0 aromatic heterocycles. The van der Waals surface area contributed by atoms with E-state index in [2.05, 4.69) is 13.8 Å². The highest BCUT2D eigenvalue weighted by molar-refractivity contribution is 5.91. The fraction of sp³-hybridized carbons (Fsp3) is 0.235. The third-order valence-electron chi connectivity index (χ3n) is 3.17. The van der Waals surface area contributed by atoms with E-state index in [9.17, 15) is 9.90 Å².